The number of carbonyl (C=O) groups excluding carboxylic acids is 2. The highest BCUT2D eigenvalue weighted by atomic mass is 16.6. The molecule has 3 N–H and O–H groups in total. The molecule has 0 spiro atoms. The molecule has 0 amide bonds. The van der Waals surface area contributed by atoms with E-state index in [1.807, 2.05) is 0 Å². The summed E-state index contributed by atoms with van der Waals surface area (Å²) in [5.41, 5.74) is 4.89. The lowest BCUT2D eigenvalue weighted by molar-refractivity contribution is -0.162. The van der Waals surface area contributed by atoms with E-state index < -0.39 is 24.5 Å². The van der Waals surface area contributed by atoms with Crippen molar-refractivity contribution in [1.82, 2.24) is 0 Å². The van der Waals surface area contributed by atoms with E-state index >= 15 is 0 Å². The van der Waals surface area contributed by atoms with Gasteiger partial charge in [-0.2, -0.15) is 0 Å². The minimum absolute atomic E-state index is 0.327. The highest BCUT2D eigenvalue weighted by Crippen LogP contribution is 2.00. The van der Waals surface area contributed by atoms with Gasteiger partial charge in [-0.25, -0.2) is 0 Å². The van der Waals surface area contributed by atoms with Crippen molar-refractivity contribution in [2.75, 3.05) is 20.4 Å². The van der Waals surface area contributed by atoms with E-state index in [-0.39, 0.29) is 6.73 Å². The molecule has 0 aromatic carbocycles. The molecule has 0 rings (SSSR count). The number of esters is 2. The van der Waals surface area contributed by atoms with E-state index in [0.29, 0.717) is 0 Å². The molecule has 0 unspecified atom stereocenters. The zero-order chi connectivity index (χ0) is 9.56. The quantitative estimate of drug-likeness (QED) is 0.299. The first-order valence-corrected chi connectivity index (χ1v) is 3.22. The second-order valence-electron chi connectivity index (χ2n) is 1.89. The van der Waals surface area contributed by atoms with Gasteiger partial charge in [-0.1, -0.05) is 0 Å². The van der Waals surface area contributed by atoms with Crippen LogP contribution in [0.1, 0.15) is 0 Å². The van der Waals surface area contributed by atoms with Gasteiger partial charge in [0.1, 0.15) is 6.73 Å². The molecule has 0 saturated carbocycles. The van der Waals surface area contributed by atoms with E-state index in [1.54, 1.807) is 0 Å². The molecule has 70 valence electrons. The highest BCUT2D eigenvalue weighted by Gasteiger charge is 2.27. The summed E-state index contributed by atoms with van der Waals surface area (Å²) in [6.45, 7) is -0.974. The van der Waals surface area contributed by atoms with Crippen LogP contribution in [0, 0.1) is 5.92 Å². The molecule has 0 aliphatic rings. The third kappa shape index (κ3) is 2.85. The Bertz CT molecular complexity index is 169. The van der Waals surface area contributed by atoms with Crippen LogP contribution >= 0.6 is 0 Å². The van der Waals surface area contributed by atoms with Crippen LogP contribution in [0.25, 0.3) is 0 Å². The predicted molar refractivity (Wildman–Crippen MR) is 37.7 cm³/mol. The second kappa shape index (κ2) is 5.50. The number of hydrogen-bond acceptors (Lipinski definition) is 6. The van der Waals surface area contributed by atoms with Crippen molar-refractivity contribution < 1.29 is 24.2 Å². The van der Waals surface area contributed by atoms with Gasteiger partial charge in [0.15, 0.2) is 5.92 Å². The number of carbonyl (C=O) groups is 2. The Morgan fingerprint density at radius 1 is 1.50 bits per heavy atom. The first-order chi connectivity index (χ1) is 5.67. The smallest absolute Gasteiger partial charge is 0.324 e. The van der Waals surface area contributed by atoms with Crippen LogP contribution in [-0.2, 0) is 19.1 Å². The fourth-order valence-electron chi connectivity index (χ4n) is 0.570. The van der Waals surface area contributed by atoms with Crippen molar-refractivity contribution in [2.45, 2.75) is 0 Å². The molecule has 6 nitrogen and oxygen atoms in total. The Labute approximate surface area is 69.2 Å². The number of rotatable bonds is 4. The van der Waals surface area contributed by atoms with E-state index in [9.17, 15) is 9.59 Å². The normalized spacial score (nSPS) is 11.9. The monoisotopic (exact) mass is 177 g/mol. The third-order valence-electron chi connectivity index (χ3n) is 1.18. The first kappa shape index (κ1) is 10.9. The van der Waals surface area contributed by atoms with Crippen LogP contribution in [0.5, 0.6) is 0 Å². The highest BCUT2D eigenvalue weighted by molar-refractivity contribution is 5.94. The first-order valence-electron chi connectivity index (χ1n) is 3.22. The van der Waals surface area contributed by atoms with Gasteiger partial charge in [0.25, 0.3) is 0 Å². The summed E-state index contributed by atoms with van der Waals surface area (Å²) < 4.78 is 8.53. The van der Waals surface area contributed by atoms with Gasteiger partial charge in [-0.3, -0.25) is 15.3 Å². The molecule has 0 aliphatic carbocycles. The number of nitrogens with two attached hydrogens (primary N) is 1. The average molecular weight is 177 g/mol. The largest absolute Gasteiger partial charge is 0.468 e. The Kier molecular flexibility index (Phi) is 4.98. The van der Waals surface area contributed by atoms with Crippen LogP contribution in [-0.4, -0.2) is 37.5 Å². The zero-order valence-electron chi connectivity index (χ0n) is 6.65. The standard InChI is InChI=1S/C6H11NO5/c1-11-5(9)4(2-8)6(10)12-3-7/h4,8H,2-3,7H2,1H3/t4-/m0/s1. The van der Waals surface area contributed by atoms with E-state index in [2.05, 4.69) is 9.47 Å². The van der Waals surface area contributed by atoms with Gasteiger partial charge in [-0.05, 0) is 0 Å². The average Bonchev–Trinajstić information content (AvgIpc) is 2.06. The lowest BCUT2D eigenvalue weighted by atomic mass is 10.2. The predicted octanol–water partition coefficient (Wildman–Crippen LogP) is -1.77. The van der Waals surface area contributed by atoms with Crippen molar-refractivity contribution in [3.8, 4) is 0 Å². The van der Waals surface area contributed by atoms with E-state index in [1.165, 1.54) is 0 Å². The molecular formula is C6H11NO5. The van der Waals surface area contributed by atoms with Gasteiger partial charge in [-0.15, -0.1) is 0 Å². The van der Waals surface area contributed by atoms with Crippen LogP contribution in [0.4, 0.5) is 0 Å². The molecule has 0 bridgehead atoms. The summed E-state index contributed by atoms with van der Waals surface area (Å²) in [4.78, 5) is 21.5. The molecule has 0 saturated heterocycles. The number of ether oxygens (including phenoxy) is 2. The van der Waals surface area contributed by atoms with Gasteiger partial charge in [0.05, 0.1) is 13.7 Å². The number of aliphatic hydroxyl groups is 1. The van der Waals surface area contributed by atoms with Gasteiger partial charge in [0, 0.05) is 0 Å². The van der Waals surface area contributed by atoms with Gasteiger partial charge < -0.3 is 14.6 Å². The van der Waals surface area contributed by atoms with Gasteiger partial charge >= 0.3 is 11.9 Å². The van der Waals surface area contributed by atoms with Crippen molar-refractivity contribution in [1.29, 1.82) is 0 Å². The molecule has 0 aliphatic heterocycles. The SMILES string of the molecule is COC(=O)[C@H](CO)C(=O)OCN. The van der Waals surface area contributed by atoms with Crippen LogP contribution in [0.3, 0.4) is 0 Å². The van der Waals surface area contributed by atoms with Crippen molar-refractivity contribution in [2.24, 2.45) is 11.7 Å². The minimum Gasteiger partial charge on any atom is -0.468 e. The zero-order valence-corrected chi connectivity index (χ0v) is 6.65. The van der Waals surface area contributed by atoms with Crippen LogP contribution < -0.4 is 5.73 Å². The molecule has 1 atom stereocenters. The number of methoxy groups -OCH3 is 1. The second-order valence-corrected chi connectivity index (χ2v) is 1.89. The number of hydrogen-bond donors (Lipinski definition) is 2. The topological polar surface area (TPSA) is 98.8 Å². The Morgan fingerprint density at radius 3 is 2.42 bits per heavy atom. The summed E-state index contributed by atoms with van der Waals surface area (Å²) in [6.07, 6.45) is 0. The fraction of sp³-hybridized carbons (Fsp3) is 0.667. The van der Waals surface area contributed by atoms with Crippen molar-refractivity contribution in [3.63, 3.8) is 0 Å². The molecule has 12 heavy (non-hydrogen) atoms. The molecule has 6 heteroatoms. The molecule has 0 radical (unpaired) electrons. The van der Waals surface area contributed by atoms with Crippen molar-refractivity contribution >= 4 is 11.9 Å². The lowest BCUT2D eigenvalue weighted by Crippen LogP contribution is -2.31. The Balaban J connectivity index is 4.14. The molecule has 0 heterocycles. The maximum absolute atomic E-state index is 10.8. The molecule has 0 aromatic rings. The maximum Gasteiger partial charge on any atom is 0.324 e. The molecule has 0 aromatic heterocycles. The third-order valence-corrected chi connectivity index (χ3v) is 1.18. The summed E-state index contributed by atoms with van der Waals surface area (Å²) in [5, 5.41) is 8.58. The number of aliphatic hydroxyl groups excluding tert-OH is 1. The summed E-state index contributed by atoms with van der Waals surface area (Å²) in [5.74, 6) is -3.01. The lowest BCUT2D eigenvalue weighted by Gasteiger charge is -2.09. The van der Waals surface area contributed by atoms with E-state index in [4.69, 9.17) is 10.8 Å². The fourth-order valence-corrected chi connectivity index (χ4v) is 0.570. The summed E-state index contributed by atoms with van der Waals surface area (Å²) >= 11 is 0. The van der Waals surface area contributed by atoms with E-state index in [0.717, 1.165) is 7.11 Å². The summed E-state index contributed by atoms with van der Waals surface area (Å²) in [7, 11) is 1.11. The van der Waals surface area contributed by atoms with Crippen LogP contribution in [0.15, 0.2) is 0 Å². The Morgan fingerprint density at radius 2 is 2.08 bits per heavy atom. The van der Waals surface area contributed by atoms with Gasteiger partial charge in [0.2, 0.25) is 0 Å². The summed E-state index contributed by atoms with van der Waals surface area (Å²) in [6, 6.07) is 0. The molecule has 0 fully saturated rings. The van der Waals surface area contributed by atoms with Crippen LogP contribution in [0.2, 0.25) is 0 Å². The Hall–Kier alpha value is -1.14. The van der Waals surface area contributed by atoms with Crippen molar-refractivity contribution in [3.05, 3.63) is 0 Å². The molecular weight excluding hydrogens is 166 g/mol. The minimum atomic E-state index is -1.29. The maximum atomic E-state index is 10.8.